The molecule has 11 nitrogen and oxygen atoms in total. The second kappa shape index (κ2) is 9.97. The zero-order valence-corrected chi connectivity index (χ0v) is 14.8. The average molecular weight is 390 g/mol. The van der Waals surface area contributed by atoms with Gasteiger partial charge >= 0.3 is 11.9 Å². The number of hydrogen-bond acceptors (Lipinski definition) is 7. The largest absolute Gasteiger partial charge is 0.481 e. The summed E-state index contributed by atoms with van der Waals surface area (Å²) < 4.78 is 0. The van der Waals surface area contributed by atoms with Crippen molar-refractivity contribution in [3.05, 3.63) is 0 Å². The van der Waals surface area contributed by atoms with Gasteiger partial charge in [-0.1, -0.05) is 0 Å². The summed E-state index contributed by atoms with van der Waals surface area (Å²) in [5.74, 6) is -4.51. The summed E-state index contributed by atoms with van der Waals surface area (Å²) in [6, 6.07) is -3.25. The summed E-state index contributed by atoms with van der Waals surface area (Å²) in [5, 5.41) is 21.8. The van der Waals surface area contributed by atoms with Gasteiger partial charge in [0.1, 0.15) is 18.6 Å². The topological polar surface area (TPSA) is 179 Å². The maximum absolute atomic E-state index is 12.6. The number of carbonyl (C=O) groups excluding carboxylic acids is 3. The van der Waals surface area contributed by atoms with Gasteiger partial charge in [0.15, 0.2) is 0 Å². The van der Waals surface area contributed by atoms with E-state index < -0.39 is 60.8 Å². The number of nitrogens with one attached hydrogen (secondary N) is 2. The van der Waals surface area contributed by atoms with Crippen LogP contribution in [0.5, 0.6) is 0 Å². The maximum Gasteiger partial charge on any atom is 0.322 e. The van der Waals surface area contributed by atoms with Crippen LogP contribution in [0, 0.1) is 0 Å². The lowest BCUT2D eigenvalue weighted by Crippen LogP contribution is -2.56. The molecule has 146 valence electrons. The van der Waals surface area contributed by atoms with Crippen molar-refractivity contribution in [2.45, 2.75) is 37.4 Å². The Morgan fingerprint density at radius 3 is 2.38 bits per heavy atom. The van der Waals surface area contributed by atoms with E-state index in [1.165, 1.54) is 4.90 Å². The van der Waals surface area contributed by atoms with Crippen molar-refractivity contribution < 1.29 is 34.2 Å². The number of thiol groups is 1. The lowest BCUT2D eigenvalue weighted by molar-refractivity contribution is -0.142. The molecule has 0 saturated carbocycles. The van der Waals surface area contributed by atoms with Gasteiger partial charge in [-0.05, 0) is 12.8 Å². The van der Waals surface area contributed by atoms with E-state index in [0.717, 1.165) is 0 Å². The van der Waals surface area contributed by atoms with Gasteiger partial charge in [-0.25, -0.2) is 0 Å². The Hall–Kier alpha value is -2.34. The summed E-state index contributed by atoms with van der Waals surface area (Å²) in [6.45, 7) is -0.292. The van der Waals surface area contributed by atoms with Gasteiger partial charge in [-0.3, -0.25) is 24.0 Å². The minimum absolute atomic E-state index is 0.0790. The third-order valence-corrected chi connectivity index (χ3v) is 4.15. The monoisotopic (exact) mass is 390 g/mol. The number of carboxylic acid groups (broad SMARTS) is 2. The first kappa shape index (κ1) is 21.7. The number of aliphatic carboxylic acids is 2. The molecule has 12 heteroatoms. The Balaban J connectivity index is 2.73. The standard InChI is InChI=1S/C14H22N4O7S/c15-7(4-10(19)20)12(23)17-8(6-26)14(25)18-3-1-2-9(18)13(24)16-5-11(21)22/h7-9,26H,1-6,15H2,(H,16,24)(H,17,23)(H,19,20)(H,21,22). The van der Waals surface area contributed by atoms with E-state index >= 15 is 0 Å². The Labute approximate surface area is 154 Å². The molecule has 3 unspecified atom stereocenters. The molecule has 1 rings (SSSR count). The molecule has 1 saturated heterocycles. The highest BCUT2D eigenvalue weighted by molar-refractivity contribution is 7.80. The SMILES string of the molecule is NC(CC(=O)O)C(=O)NC(CS)C(=O)N1CCCC1C(=O)NCC(=O)O. The van der Waals surface area contributed by atoms with Crippen LogP contribution in [0.2, 0.25) is 0 Å². The van der Waals surface area contributed by atoms with Crippen molar-refractivity contribution >= 4 is 42.3 Å². The lowest BCUT2D eigenvalue weighted by Gasteiger charge is -2.28. The number of nitrogens with zero attached hydrogens (tertiary/aromatic N) is 1. The third kappa shape index (κ3) is 6.19. The third-order valence-electron chi connectivity index (χ3n) is 3.78. The van der Waals surface area contributed by atoms with Gasteiger partial charge in [-0.15, -0.1) is 0 Å². The number of amides is 3. The number of nitrogens with two attached hydrogens (primary N) is 1. The fourth-order valence-electron chi connectivity index (χ4n) is 2.53. The summed E-state index contributed by atoms with van der Waals surface area (Å²) >= 11 is 4.01. The number of carbonyl (C=O) groups is 5. The van der Waals surface area contributed by atoms with Gasteiger partial charge in [0.25, 0.3) is 0 Å². The molecule has 26 heavy (non-hydrogen) atoms. The lowest BCUT2D eigenvalue weighted by atomic mass is 10.1. The Kier molecular flexibility index (Phi) is 8.32. The van der Waals surface area contributed by atoms with Crippen LogP contribution >= 0.6 is 12.6 Å². The van der Waals surface area contributed by atoms with E-state index in [4.69, 9.17) is 15.9 Å². The molecule has 0 bridgehead atoms. The van der Waals surface area contributed by atoms with Crippen molar-refractivity contribution in [3.63, 3.8) is 0 Å². The van der Waals surface area contributed by atoms with Crippen LogP contribution in [0.15, 0.2) is 0 Å². The van der Waals surface area contributed by atoms with E-state index in [0.29, 0.717) is 12.8 Å². The first-order valence-electron chi connectivity index (χ1n) is 7.86. The second-order valence-electron chi connectivity index (χ2n) is 5.75. The van der Waals surface area contributed by atoms with Gasteiger partial charge < -0.3 is 31.5 Å². The molecule has 1 heterocycles. The Bertz CT molecular complexity index is 586. The number of rotatable bonds is 9. The molecule has 3 atom stereocenters. The zero-order chi connectivity index (χ0) is 19.9. The van der Waals surface area contributed by atoms with Crippen molar-refractivity contribution in [2.24, 2.45) is 5.73 Å². The van der Waals surface area contributed by atoms with Crippen LogP contribution in [-0.4, -0.2) is 81.7 Å². The summed E-state index contributed by atoms with van der Waals surface area (Å²) in [4.78, 5) is 59.0. The van der Waals surface area contributed by atoms with Crippen molar-refractivity contribution in [1.82, 2.24) is 15.5 Å². The molecule has 0 spiro atoms. The highest BCUT2D eigenvalue weighted by Crippen LogP contribution is 2.19. The number of likely N-dealkylation sites (tertiary alicyclic amines) is 1. The predicted octanol–water partition coefficient (Wildman–Crippen LogP) is -2.61. The summed E-state index contributed by atoms with van der Waals surface area (Å²) in [6.07, 6.45) is 0.314. The molecule has 3 amide bonds. The molecule has 0 aromatic rings. The van der Waals surface area contributed by atoms with Gasteiger partial charge in [-0.2, -0.15) is 12.6 Å². The van der Waals surface area contributed by atoms with Crippen LogP contribution in [-0.2, 0) is 24.0 Å². The highest BCUT2D eigenvalue weighted by atomic mass is 32.1. The molecule has 0 radical (unpaired) electrons. The first-order chi connectivity index (χ1) is 12.2. The van der Waals surface area contributed by atoms with Crippen molar-refractivity contribution in [1.29, 1.82) is 0 Å². The molecule has 1 fully saturated rings. The molecule has 0 aromatic heterocycles. The average Bonchev–Trinajstić information content (AvgIpc) is 3.05. The van der Waals surface area contributed by atoms with Gasteiger partial charge in [0, 0.05) is 12.3 Å². The van der Waals surface area contributed by atoms with Crippen molar-refractivity contribution in [3.8, 4) is 0 Å². The number of carboxylic acids is 2. The number of hydrogen-bond donors (Lipinski definition) is 6. The van der Waals surface area contributed by atoms with Crippen LogP contribution in [0.4, 0.5) is 0 Å². The van der Waals surface area contributed by atoms with E-state index in [9.17, 15) is 24.0 Å². The molecule has 0 aromatic carbocycles. The fourth-order valence-corrected chi connectivity index (χ4v) is 2.78. The summed E-state index contributed by atoms with van der Waals surface area (Å²) in [7, 11) is 0. The Morgan fingerprint density at radius 2 is 1.85 bits per heavy atom. The maximum atomic E-state index is 12.6. The fraction of sp³-hybridized carbons (Fsp3) is 0.643. The van der Waals surface area contributed by atoms with E-state index in [1.807, 2.05) is 0 Å². The quantitative estimate of drug-likeness (QED) is 0.232. The normalized spacial score (nSPS) is 18.7. The molecule has 1 aliphatic heterocycles. The minimum atomic E-state index is -1.32. The van der Waals surface area contributed by atoms with Crippen LogP contribution < -0.4 is 16.4 Å². The smallest absolute Gasteiger partial charge is 0.322 e. The molecule has 6 N–H and O–H groups in total. The van der Waals surface area contributed by atoms with Gasteiger partial charge in [0.05, 0.1) is 12.5 Å². The minimum Gasteiger partial charge on any atom is -0.481 e. The zero-order valence-electron chi connectivity index (χ0n) is 13.9. The predicted molar refractivity (Wildman–Crippen MR) is 91.4 cm³/mol. The molecule has 0 aliphatic carbocycles. The summed E-state index contributed by atoms with van der Waals surface area (Å²) in [5.41, 5.74) is 5.46. The molecular weight excluding hydrogens is 368 g/mol. The Morgan fingerprint density at radius 1 is 1.19 bits per heavy atom. The van der Waals surface area contributed by atoms with Crippen LogP contribution in [0.1, 0.15) is 19.3 Å². The van der Waals surface area contributed by atoms with Crippen LogP contribution in [0.25, 0.3) is 0 Å². The molecule has 1 aliphatic rings. The van der Waals surface area contributed by atoms with Gasteiger partial charge in [0.2, 0.25) is 17.7 Å². The van der Waals surface area contributed by atoms with E-state index in [-0.39, 0.29) is 12.3 Å². The molecular formula is C14H22N4O7S. The van der Waals surface area contributed by atoms with E-state index in [2.05, 4.69) is 23.3 Å². The second-order valence-corrected chi connectivity index (χ2v) is 6.11. The van der Waals surface area contributed by atoms with E-state index in [1.54, 1.807) is 0 Å². The first-order valence-corrected chi connectivity index (χ1v) is 8.49. The van der Waals surface area contributed by atoms with Crippen molar-refractivity contribution in [2.75, 3.05) is 18.8 Å². The van der Waals surface area contributed by atoms with Crippen LogP contribution in [0.3, 0.4) is 0 Å². The highest BCUT2D eigenvalue weighted by Gasteiger charge is 2.37.